The molecule has 2 rings (SSSR count). The lowest BCUT2D eigenvalue weighted by Crippen LogP contribution is -2.03. The molecule has 0 aliphatic carbocycles. The van der Waals surface area contributed by atoms with Gasteiger partial charge in [-0.1, -0.05) is 0 Å². The minimum Gasteiger partial charge on any atom is -0.497 e. The van der Waals surface area contributed by atoms with Gasteiger partial charge < -0.3 is 20.5 Å². The molecule has 1 aromatic heterocycles. The number of rotatable bonds is 4. The smallest absolute Gasteiger partial charge is 0.169 e. The third kappa shape index (κ3) is 2.87. The van der Waals surface area contributed by atoms with Crippen molar-refractivity contribution >= 4 is 17.3 Å². The highest BCUT2D eigenvalue weighted by Crippen LogP contribution is 2.28. The van der Waals surface area contributed by atoms with E-state index in [1.54, 1.807) is 18.2 Å². The number of hydrogen-bond acceptors (Lipinski definition) is 5. The highest BCUT2D eigenvalue weighted by molar-refractivity contribution is 5.62. The van der Waals surface area contributed by atoms with Crippen molar-refractivity contribution in [2.45, 2.75) is 0 Å². The molecule has 0 radical (unpaired) electrons. The Morgan fingerprint density at radius 3 is 2.15 bits per heavy atom. The predicted molar refractivity (Wildman–Crippen MR) is 71.4 cm³/mol. The monoisotopic (exact) mass is 281 g/mol. The summed E-state index contributed by atoms with van der Waals surface area (Å²) in [6.07, 6.45) is 0. The van der Waals surface area contributed by atoms with Crippen LogP contribution in [-0.4, -0.2) is 19.2 Å². The van der Waals surface area contributed by atoms with Crippen molar-refractivity contribution in [1.82, 2.24) is 4.98 Å². The Bertz CT molecular complexity index is 613. The zero-order valence-corrected chi connectivity index (χ0v) is 10.9. The fourth-order valence-electron chi connectivity index (χ4n) is 1.58. The van der Waals surface area contributed by atoms with E-state index in [4.69, 9.17) is 15.2 Å². The summed E-state index contributed by atoms with van der Waals surface area (Å²) in [5.41, 5.74) is 5.78. The van der Waals surface area contributed by atoms with Gasteiger partial charge in [0.2, 0.25) is 0 Å². The van der Waals surface area contributed by atoms with Crippen LogP contribution < -0.4 is 20.5 Å². The molecule has 0 unspecified atom stereocenters. The summed E-state index contributed by atoms with van der Waals surface area (Å²) >= 11 is 0. The third-order valence-electron chi connectivity index (χ3n) is 2.57. The highest BCUT2D eigenvalue weighted by Gasteiger charge is 2.11. The lowest BCUT2D eigenvalue weighted by molar-refractivity contribution is 0.395. The van der Waals surface area contributed by atoms with E-state index in [1.165, 1.54) is 14.2 Å². The Balaban J connectivity index is 2.36. The predicted octanol–water partition coefficient (Wildman–Crippen LogP) is 2.70. The van der Waals surface area contributed by atoms with E-state index >= 15 is 0 Å². The summed E-state index contributed by atoms with van der Waals surface area (Å²) in [5, 5.41) is 2.70. The van der Waals surface area contributed by atoms with Gasteiger partial charge in [0.15, 0.2) is 23.3 Å². The molecule has 106 valence electrons. The Morgan fingerprint density at radius 2 is 1.60 bits per heavy atom. The molecule has 5 nitrogen and oxygen atoms in total. The van der Waals surface area contributed by atoms with Gasteiger partial charge in [0.1, 0.15) is 11.5 Å². The Morgan fingerprint density at radius 1 is 1.00 bits per heavy atom. The first kappa shape index (κ1) is 13.9. The number of nitrogen functional groups attached to an aromatic ring is 1. The molecule has 0 amide bonds. The van der Waals surface area contributed by atoms with Crippen LogP contribution in [0.5, 0.6) is 11.5 Å². The summed E-state index contributed by atoms with van der Waals surface area (Å²) in [4.78, 5) is 3.61. The largest absolute Gasteiger partial charge is 0.497 e. The van der Waals surface area contributed by atoms with E-state index in [1.807, 2.05) is 0 Å². The molecule has 0 bridgehead atoms. The topological polar surface area (TPSA) is 69.4 Å². The van der Waals surface area contributed by atoms with Crippen molar-refractivity contribution in [3.8, 4) is 11.5 Å². The van der Waals surface area contributed by atoms with Crippen LogP contribution in [0.15, 0.2) is 24.3 Å². The molecule has 0 spiro atoms. The van der Waals surface area contributed by atoms with Crippen molar-refractivity contribution in [1.29, 1.82) is 0 Å². The molecule has 1 aromatic carbocycles. The van der Waals surface area contributed by atoms with Crippen LogP contribution in [0, 0.1) is 11.6 Å². The zero-order valence-electron chi connectivity index (χ0n) is 10.9. The van der Waals surface area contributed by atoms with Crippen LogP contribution in [-0.2, 0) is 0 Å². The lowest BCUT2D eigenvalue weighted by atomic mass is 10.2. The van der Waals surface area contributed by atoms with Gasteiger partial charge in [-0.05, 0) is 0 Å². The van der Waals surface area contributed by atoms with Crippen molar-refractivity contribution in [3.63, 3.8) is 0 Å². The summed E-state index contributed by atoms with van der Waals surface area (Å²) < 4.78 is 36.8. The Labute approximate surface area is 114 Å². The molecule has 0 aliphatic rings. The van der Waals surface area contributed by atoms with Gasteiger partial charge in [-0.3, -0.25) is 0 Å². The van der Waals surface area contributed by atoms with Crippen LogP contribution in [0.2, 0.25) is 0 Å². The second-order valence-corrected chi connectivity index (χ2v) is 3.91. The van der Waals surface area contributed by atoms with Crippen LogP contribution in [0.25, 0.3) is 0 Å². The van der Waals surface area contributed by atoms with Gasteiger partial charge >= 0.3 is 0 Å². The van der Waals surface area contributed by atoms with Crippen molar-refractivity contribution in [2.75, 3.05) is 25.3 Å². The summed E-state index contributed by atoms with van der Waals surface area (Å²) in [6, 6.07) is 5.56. The molecule has 0 aliphatic heterocycles. The fraction of sp³-hybridized carbons (Fsp3) is 0.154. The van der Waals surface area contributed by atoms with Gasteiger partial charge in [0.25, 0.3) is 0 Å². The minimum absolute atomic E-state index is 0.181. The first-order valence-corrected chi connectivity index (χ1v) is 5.65. The number of benzene rings is 1. The van der Waals surface area contributed by atoms with Crippen LogP contribution in [0.3, 0.4) is 0 Å². The van der Waals surface area contributed by atoms with Gasteiger partial charge in [-0.2, -0.15) is 0 Å². The number of nitrogens with two attached hydrogens (primary N) is 1. The van der Waals surface area contributed by atoms with E-state index in [9.17, 15) is 8.78 Å². The van der Waals surface area contributed by atoms with Gasteiger partial charge in [-0.15, -0.1) is 0 Å². The SMILES string of the molecule is COc1cc(Nc2nc(N)c(F)cc2F)cc(OC)c1. The number of ether oxygens (including phenoxy) is 2. The molecule has 1 heterocycles. The van der Waals surface area contributed by atoms with Gasteiger partial charge in [0, 0.05) is 30.0 Å². The maximum absolute atomic E-state index is 13.6. The van der Waals surface area contributed by atoms with E-state index < -0.39 is 11.6 Å². The van der Waals surface area contributed by atoms with Crippen molar-refractivity contribution in [3.05, 3.63) is 35.9 Å². The standard InChI is InChI=1S/C13H13F2N3O2/c1-19-8-3-7(4-9(5-8)20-2)17-13-11(15)6-10(14)12(16)18-13/h3-6H,1-2H3,(H3,16,17,18). The van der Waals surface area contributed by atoms with Crippen molar-refractivity contribution < 1.29 is 18.3 Å². The summed E-state index contributed by atoms with van der Waals surface area (Å²) in [5.74, 6) is -1.29. The number of hydrogen-bond donors (Lipinski definition) is 2. The third-order valence-corrected chi connectivity index (χ3v) is 2.57. The maximum atomic E-state index is 13.6. The molecule has 2 aromatic rings. The van der Waals surface area contributed by atoms with Crippen LogP contribution in [0.1, 0.15) is 0 Å². The maximum Gasteiger partial charge on any atom is 0.169 e. The molecule has 3 N–H and O–H groups in total. The quantitative estimate of drug-likeness (QED) is 0.901. The molecule has 0 atom stereocenters. The molecule has 0 saturated carbocycles. The Kier molecular flexibility index (Phi) is 3.88. The number of methoxy groups -OCH3 is 2. The molecular formula is C13H13F2N3O2. The average Bonchev–Trinajstić information content (AvgIpc) is 2.44. The highest BCUT2D eigenvalue weighted by atomic mass is 19.1. The van der Waals surface area contributed by atoms with Gasteiger partial charge in [-0.25, -0.2) is 13.8 Å². The fourth-order valence-corrected chi connectivity index (χ4v) is 1.58. The van der Waals surface area contributed by atoms with Gasteiger partial charge in [0.05, 0.1) is 14.2 Å². The summed E-state index contributed by atoms with van der Waals surface area (Å²) in [7, 11) is 2.99. The number of pyridine rings is 1. The first-order chi connectivity index (χ1) is 9.53. The summed E-state index contributed by atoms with van der Waals surface area (Å²) in [6.45, 7) is 0. The zero-order chi connectivity index (χ0) is 14.7. The minimum atomic E-state index is -0.906. The number of nitrogens with one attached hydrogen (secondary N) is 1. The van der Waals surface area contributed by atoms with E-state index in [0.717, 1.165) is 0 Å². The average molecular weight is 281 g/mol. The van der Waals surface area contributed by atoms with E-state index in [0.29, 0.717) is 23.3 Å². The molecule has 7 heteroatoms. The number of aromatic nitrogens is 1. The normalized spacial score (nSPS) is 10.2. The second-order valence-electron chi connectivity index (χ2n) is 3.91. The van der Waals surface area contributed by atoms with Crippen LogP contribution in [0.4, 0.5) is 26.1 Å². The first-order valence-electron chi connectivity index (χ1n) is 5.65. The van der Waals surface area contributed by atoms with Crippen LogP contribution >= 0.6 is 0 Å². The Hall–Kier alpha value is -2.57. The molecular weight excluding hydrogens is 268 g/mol. The number of halogens is 2. The van der Waals surface area contributed by atoms with E-state index in [2.05, 4.69) is 10.3 Å². The van der Waals surface area contributed by atoms with E-state index in [-0.39, 0.29) is 11.6 Å². The van der Waals surface area contributed by atoms with Crippen molar-refractivity contribution in [2.24, 2.45) is 0 Å². The second kappa shape index (κ2) is 5.60. The molecule has 0 saturated heterocycles. The molecule has 0 fully saturated rings. The number of anilines is 3. The number of nitrogens with zero attached hydrogens (tertiary/aromatic N) is 1. The molecule has 20 heavy (non-hydrogen) atoms. The lowest BCUT2D eigenvalue weighted by Gasteiger charge is -2.11.